The summed E-state index contributed by atoms with van der Waals surface area (Å²) in [6.07, 6.45) is 4.99. The Bertz CT molecular complexity index is 1430. The number of anilines is 2. The van der Waals surface area contributed by atoms with Crippen LogP contribution in [0.25, 0.3) is 28.1 Å². The highest BCUT2D eigenvalue weighted by atomic mass is 35.5. The Labute approximate surface area is 190 Å². The molecule has 1 aliphatic carbocycles. The second kappa shape index (κ2) is 8.40. The molecule has 2 aromatic carbocycles. The van der Waals surface area contributed by atoms with E-state index in [0.717, 1.165) is 39.2 Å². The van der Waals surface area contributed by atoms with Gasteiger partial charge in [-0.2, -0.15) is 0 Å². The van der Waals surface area contributed by atoms with Gasteiger partial charge in [0, 0.05) is 29.1 Å². The Morgan fingerprint density at radius 3 is 2.56 bits per heavy atom. The van der Waals surface area contributed by atoms with Crippen LogP contribution in [-0.4, -0.2) is 25.6 Å². The van der Waals surface area contributed by atoms with Crippen molar-refractivity contribution in [3.05, 3.63) is 89.6 Å². The lowest BCUT2D eigenvalue weighted by molar-refractivity contribution is 0.805. The lowest BCUT2D eigenvalue weighted by Gasteiger charge is -2.20. The van der Waals surface area contributed by atoms with Crippen molar-refractivity contribution in [2.75, 3.05) is 5.32 Å². The van der Waals surface area contributed by atoms with Gasteiger partial charge in [-0.05, 0) is 62.4 Å². The highest BCUT2D eigenvalue weighted by Gasteiger charge is 2.17. The molecule has 1 aromatic heterocycles. The number of nitrogens with one attached hydrogen (secondary N) is 1. The summed E-state index contributed by atoms with van der Waals surface area (Å²) in [7, 11) is 0. The zero-order chi connectivity index (χ0) is 22.1. The maximum Gasteiger partial charge on any atom is 0.148 e. The van der Waals surface area contributed by atoms with Crippen molar-refractivity contribution in [2.24, 2.45) is 4.99 Å². The average Bonchev–Trinajstić information content (AvgIpc) is 2.79. The molecule has 0 bridgehead atoms. The van der Waals surface area contributed by atoms with E-state index in [2.05, 4.69) is 45.8 Å². The van der Waals surface area contributed by atoms with Crippen molar-refractivity contribution >= 4 is 34.1 Å². The van der Waals surface area contributed by atoms with Gasteiger partial charge in [-0.15, -0.1) is 0 Å². The van der Waals surface area contributed by atoms with E-state index in [1.165, 1.54) is 0 Å². The first-order valence-electron chi connectivity index (χ1n) is 10.4. The SMILES string of the molecule is CC(C)N=c1cc2n(-c3ccc(Cl)cc3)c3ccccc3nc-2cc1Nc1cnccn1. The molecule has 1 aliphatic heterocycles. The number of hydrogen-bond donors (Lipinski definition) is 1. The van der Waals surface area contributed by atoms with Crippen LogP contribution in [0.4, 0.5) is 11.5 Å². The quantitative estimate of drug-likeness (QED) is 0.368. The number of halogens is 1. The third kappa shape index (κ3) is 3.92. The van der Waals surface area contributed by atoms with Crippen LogP contribution < -0.4 is 10.7 Å². The Morgan fingerprint density at radius 2 is 1.81 bits per heavy atom. The summed E-state index contributed by atoms with van der Waals surface area (Å²) in [5, 5.41) is 4.88. The van der Waals surface area contributed by atoms with Crippen molar-refractivity contribution in [1.29, 1.82) is 0 Å². The molecule has 32 heavy (non-hydrogen) atoms. The maximum absolute atomic E-state index is 6.16. The summed E-state index contributed by atoms with van der Waals surface area (Å²) < 4.78 is 2.19. The molecule has 6 nitrogen and oxygen atoms in total. The Morgan fingerprint density at radius 1 is 1.00 bits per heavy atom. The zero-order valence-electron chi connectivity index (χ0n) is 17.7. The van der Waals surface area contributed by atoms with Gasteiger partial charge in [0.15, 0.2) is 0 Å². The van der Waals surface area contributed by atoms with E-state index in [1.54, 1.807) is 18.6 Å². The van der Waals surface area contributed by atoms with Crippen LogP contribution in [0.2, 0.25) is 5.02 Å². The molecule has 2 aliphatic rings. The molecule has 0 radical (unpaired) electrons. The second-order valence-corrected chi connectivity index (χ2v) is 8.15. The molecule has 0 fully saturated rings. The topological polar surface area (TPSA) is 68.0 Å². The van der Waals surface area contributed by atoms with E-state index < -0.39 is 0 Å². The highest BCUT2D eigenvalue weighted by molar-refractivity contribution is 6.30. The summed E-state index contributed by atoms with van der Waals surface area (Å²) in [6, 6.07) is 20.1. The first-order chi connectivity index (χ1) is 15.6. The Kier molecular flexibility index (Phi) is 5.29. The van der Waals surface area contributed by atoms with Crippen molar-refractivity contribution in [1.82, 2.24) is 19.5 Å². The number of fused-ring (bicyclic) bond motifs is 2. The monoisotopic (exact) mass is 440 g/mol. The van der Waals surface area contributed by atoms with Gasteiger partial charge in [0.1, 0.15) is 5.82 Å². The van der Waals surface area contributed by atoms with Gasteiger partial charge in [0.05, 0.1) is 39.7 Å². The average molecular weight is 441 g/mol. The number of rotatable bonds is 4. The molecule has 7 heteroatoms. The lowest BCUT2D eigenvalue weighted by Crippen LogP contribution is -2.16. The molecular formula is C25H21ClN6. The van der Waals surface area contributed by atoms with Gasteiger partial charge in [0.25, 0.3) is 0 Å². The van der Waals surface area contributed by atoms with Crippen LogP contribution in [0, 0.1) is 0 Å². The summed E-state index contributed by atoms with van der Waals surface area (Å²) >= 11 is 6.16. The molecule has 5 rings (SSSR count). The van der Waals surface area contributed by atoms with E-state index in [9.17, 15) is 0 Å². The van der Waals surface area contributed by atoms with Crippen molar-refractivity contribution in [2.45, 2.75) is 19.9 Å². The molecular weight excluding hydrogens is 420 g/mol. The third-order valence-corrected chi connectivity index (χ3v) is 5.26. The van der Waals surface area contributed by atoms with E-state index in [0.29, 0.717) is 10.8 Å². The minimum Gasteiger partial charge on any atom is -0.337 e. The van der Waals surface area contributed by atoms with Crippen LogP contribution in [0.1, 0.15) is 13.8 Å². The highest BCUT2D eigenvalue weighted by Crippen LogP contribution is 2.30. The van der Waals surface area contributed by atoms with Gasteiger partial charge < -0.3 is 9.88 Å². The van der Waals surface area contributed by atoms with Crippen LogP contribution in [0.15, 0.2) is 84.2 Å². The largest absolute Gasteiger partial charge is 0.337 e. The van der Waals surface area contributed by atoms with Gasteiger partial charge in [0.2, 0.25) is 0 Å². The molecule has 1 N–H and O–H groups in total. The lowest BCUT2D eigenvalue weighted by atomic mass is 10.1. The van der Waals surface area contributed by atoms with Crippen molar-refractivity contribution in [3.63, 3.8) is 0 Å². The van der Waals surface area contributed by atoms with E-state index in [1.807, 2.05) is 48.5 Å². The van der Waals surface area contributed by atoms with Crippen molar-refractivity contribution < 1.29 is 0 Å². The van der Waals surface area contributed by atoms with Crippen LogP contribution in [-0.2, 0) is 0 Å². The summed E-state index contributed by atoms with van der Waals surface area (Å²) in [5.41, 5.74) is 5.53. The molecule has 0 unspecified atom stereocenters. The van der Waals surface area contributed by atoms with Gasteiger partial charge in [-0.1, -0.05) is 23.7 Å². The Hall–Kier alpha value is -3.77. The molecule has 3 aromatic rings. The minimum atomic E-state index is 0.118. The first kappa shape index (κ1) is 20.2. The maximum atomic E-state index is 6.16. The van der Waals surface area contributed by atoms with Gasteiger partial charge in [-0.3, -0.25) is 9.98 Å². The predicted molar refractivity (Wildman–Crippen MR) is 129 cm³/mol. The predicted octanol–water partition coefficient (Wildman–Crippen LogP) is 5.63. The standard InChI is InChI=1S/C25H21ClN6/c1-16(2)29-21-14-24-22(13-20(21)31-25-15-27-11-12-28-25)30-19-5-3-4-6-23(19)32(24)18-9-7-17(26)8-10-18/h3-16H,1-2H3,(H,28,31). The van der Waals surface area contributed by atoms with E-state index in [4.69, 9.17) is 21.6 Å². The van der Waals surface area contributed by atoms with Crippen LogP contribution in [0.3, 0.4) is 0 Å². The van der Waals surface area contributed by atoms with Gasteiger partial charge >= 0.3 is 0 Å². The van der Waals surface area contributed by atoms with Crippen molar-refractivity contribution in [3.8, 4) is 17.1 Å². The van der Waals surface area contributed by atoms with E-state index in [-0.39, 0.29) is 6.04 Å². The fourth-order valence-corrected chi connectivity index (χ4v) is 3.82. The molecule has 0 spiro atoms. The normalized spacial score (nSPS) is 12.1. The number of para-hydroxylation sites is 2. The molecule has 0 amide bonds. The number of nitrogens with zero attached hydrogens (tertiary/aromatic N) is 5. The smallest absolute Gasteiger partial charge is 0.148 e. The fraction of sp³-hybridized carbons (Fsp3) is 0.120. The van der Waals surface area contributed by atoms with Crippen LogP contribution in [0.5, 0.6) is 0 Å². The fourth-order valence-electron chi connectivity index (χ4n) is 3.70. The molecule has 158 valence electrons. The Balaban J connectivity index is 1.83. The molecule has 0 atom stereocenters. The number of hydrogen-bond acceptors (Lipinski definition) is 5. The minimum absolute atomic E-state index is 0.118. The molecule has 0 saturated heterocycles. The van der Waals surface area contributed by atoms with Crippen LogP contribution >= 0.6 is 11.6 Å². The summed E-state index contributed by atoms with van der Waals surface area (Å²) in [6.45, 7) is 4.12. The second-order valence-electron chi connectivity index (χ2n) is 7.71. The third-order valence-electron chi connectivity index (χ3n) is 5.01. The number of aromatic nitrogens is 4. The molecule has 2 heterocycles. The summed E-state index contributed by atoms with van der Waals surface area (Å²) in [5.74, 6) is 0.651. The van der Waals surface area contributed by atoms with Gasteiger partial charge in [-0.25, -0.2) is 9.97 Å². The number of benzene rings is 3. The summed E-state index contributed by atoms with van der Waals surface area (Å²) in [4.78, 5) is 18.3. The first-order valence-corrected chi connectivity index (χ1v) is 10.7. The van der Waals surface area contributed by atoms with E-state index >= 15 is 0 Å². The zero-order valence-corrected chi connectivity index (χ0v) is 18.5. The molecule has 0 saturated carbocycles.